The predicted octanol–water partition coefficient (Wildman–Crippen LogP) is 3.59. The topological polar surface area (TPSA) is 95.8 Å². The number of benzene rings is 1. The molecule has 0 bridgehead atoms. The van der Waals surface area contributed by atoms with Gasteiger partial charge in [-0.05, 0) is 38.0 Å². The number of thiophene rings is 1. The molecule has 3 aromatic rings. The smallest absolute Gasteiger partial charge is 0.339 e. The summed E-state index contributed by atoms with van der Waals surface area (Å²) in [7, 11) is 0. The second kappa shape index (κ2) is 7.10. The van der Waals surface area contributed by atoms with E-state index in [1.165, 1.54) is 18.3 Å². The van der Waals surface area contributed by atoms with Crippen LogP contribution < -0.4 is 5.56 Å². The fraction of sp³-hybridized carbons (Fsp3) is 0.263. The van der Waals surface area contributed by atoms with Crippen LogP contribution in [-0.2, 0) is 11.2 Å². The van der Waals surface area contributed by atoms with Gasteiger partial charge in [0.1, 0.15) is 16.7 Å². The Bertz CT molecular complexity index is 1070. The number of carbonyl (C=O) groups excluding carboxylic acids is 1. The van der Waals surface area contributed by atoms with Crippen molar-refractivity contribution in [2.75, 3.05) is 0 Å². The first-order valence-corrected chi connectivity index (χ1v) is 8.99. The van der Waals surface area contributed by atoms with Crippen LogP contribution >= 0.6 is 11.3 Å². The van der Waals surface area contributed by atoms with E-state index < -0.39 is 12.1 Å². The summed E-state index contributed by atoms with van der Waals surface area (Å²) < 4.78 is 4.96. The van der Waals surface area contributed by atoms with E-state index in [2.05, 4.69) is 9.97 Å². The number of carbonyl (C=O) groups is 1. The molecule has 0 spiro atoms. The van der Waals surface area contributed by atoms with E-state index >= 15 is 0 Å². The Kier molecular flexibility index (Phi) is 4.87. The maximum absolute atomic E-state index is 12.5. The van der Waals surface area contributed by atoms with Crippen LogP contribution in [0.5, 0.6) is 0 Å². The van der Waals surface area contributed by atoms with E-state index in [9.17, 15) is 9.59 Å². The van der Waals surface area contributed by atoms with Crippen LogP contribution in [0.25, 0.3) is 21.6 Å². The van der Waals surface area contributed by atoms with Gasteiger partial charge in [0.2, 0.25) is 0 Å². The van der Waals surface area contributed by atoms with Gasteiger partial charge in [-0.1, -0.05) is 19.1 Å². The summed E-state index contributed by atoms with van der Waals surface area (Å²) >= 11 is 1.51. The molecule has 0 amide bonds. The predicted molar refractivity (Wildman–Crippen MR) is 100 cm³/mol. The number of nitrogens with one attached hydrogen (secondary N) is 1. The number of aromatic amines is 1. The van der Waals surface area contributed by atoms with Gasteiger partial charge in [-0.25, -0.2) is 9.78 Å². The van der Waals surface area contributed by atoms with Gasteiger partial charge in [0.15, 0.2) is 6.10 Å². The highest BCUT2D eigenvalue weighted by Crippen LogP contribution is 2.28. The van der Waals surface area contributed by atoms with Gasteiger partial charge in [-0.15, -0.1) is 11.3 Å². The molecule has 0 aliphatic heterocycles. The molecule has 3 rings (SSSR count). The van der Waals surface area contributed by atoms with Crippen LogP contribution in [0.3, 0.4) is 0 Å². The maximum atomic E-state index is 12.5. The second-order valence-corrected chi connectivity index (χ2v) is 7.04. The first-order chi connectivity index (χ1) is 12.4. The molecule has 7 heteroatoms. The molecule has 26 heavy (non-hydrogen) atoms. The molecule has 6 nitrogen and oxygen atoms in total. The van der Waals surface area contributed by atoms with Crippen molar-refractivity contribution in [3.05, 3.63) is 50.6 Å². The Balaban J connectivity index is 1.96. The van der Waals surface area contributed by atoms with Gasteiger partial charge >= 0.3 is 5.97 Å². The quantitative estimate of drug-likeness (QED) is 0.711. The van der Waals surface area contributed by atoms with Crippen LogP contribution in [0.4, 0.5) is 0 Å². The number of fused-ring (bicyclic) bond motifs is 1. The van der Waals surface area contributed by atoms with Crippen molar-refractivity contribution in [3.8, 4) is 17.5 Å². The number of rotatable bonds is 4. The number of H-pyrrole nitrogens is 1. The Morgan fingerprint density at radius 3 is 2.69 bits per heavy atom. The average molecular weight is 367 g/mol. The van der Waals surface area contributed by atoms with Gasteiger partial charge in [0.05, 0.1) is 10.9 Å². The number of aromatic nitrogens is 2. The van der Waals surface area contributed by atoms with Crippen molar-refractivity contribution in [2.45, 2.75) is 33.3 Å². The maximum Gasteiger partial charge on any atom is 0.339 e. The van der Waals surface area contributed by atoms with E-state index in [1.54, 1.807) is 24.3 Å². The van der Waals surface area contributed by atoms with Crippen molar-refractivity contribution >= 4 is 27.5 Å². The standard InChI is InChI=1S/C19H17N3O3S/c1-4-14-11(3)26-18-15(14)17(23)21-16(22-18)12-5-7-13(8-6-12)19(24)25-10(2)9-20/h5-8,10H,4H2,1-3H3,(H,21,22,23)/t10-/m0/s1. The summed E-state index contributed by atoms with van der Waals surface area (Å²) in [5.41, 5.74) is 1.91. The van der Waals surface area contributed by atoms with Gasteiger partial charge in [0.25, 0.3) is 5.56 Å². The number of hydrogen-bond donors (Lipinski definition) is 1. The number of esters is 1. The molecule has 0 saturated heterocycles. The highest BCUT2D eigenvalue weighted by molar-refractivity contribution is 7.18. The summed E-state index contributed by atoms with van der Waals surface area (Å²) in [4.78, 5) is 33.6. The largest absolute Gasteiger partial charge is 0.444 e. The van der Waals surface area contributed by atoms with Gasteiger partial charge < -0.3 is 9.72 Å². The zero-order valence-corrected chi connectivity index (χ0v) is 15.4. The van der Waals surface area contributed by atoms with Crippen LogP contribution in [0.1, 0.15) is 34.6 Å². The van der Waals surface area contributed by atoms with E-state index in [4.69, 9.17) is 10.00 Å². The zero-order chi connectivity index (χ0) is 18.8. The average Bonchev–Trinajstić information content (AvgIpc) is 2.97. The monoisotopic (exact) mass is 367 g/mol. The highest BCUT2D eigenvalue weighted by Gasteiger charge is 2.15. The Hall–Kier alpha value is -2.98. The molecule has 2 aromatic heterocycles. The minimum Gasteiger partial charge on any atom is -0.444 e. The Morgan fingerprint density at radius 1 is 1.38 bits per heavy atom. The van der Waals surface area contributed by atoms with Crippen LogP contribution in [0, 0.1) is 18.3 Å². The second-order valence-electron chi connectivity index (χ2n) is 5.84. The van der Waals surface area contributed by atoms with E-state index in [0.29, 0.717) is 27.2 Å². The molecule has 1 aromatic carbocycles. The number of ether oxygens (including phenoxy) is 1. The number of nitrogens with zero attached hydrogens (tertiary/aromatic N) is 2. The van der Waals surface area contributed by atoms with E-state index in [0.717, 1.165) is 16.9 Å². The van der Waals surface area contributed by atoms with Crippen molar-refractivity contribution in [1.82, 2.24) is 9.97 Å². The Morgan fingerprint density at radius 2 is 2.08 bits per heavy atom. The Labute approximate surface area is 154 Å². The minimum absolute atomic E-state index is 0.155. The third-order valence-electron chi connectivity index (χ3n) is 4.08. The lowest BCUT2D eigenvalue weighted by Gasteiger charge is -2.07. The minimum atomic E-state index is -0.808. The van der Waals surface area contributed by atoms with Crippen molar-refractivity contribution in [1.29, 1.82) is 5.26 Å². The first kappa shape index (κ1) is 17.8. The van der Waals surface area contributed by atoms with Crippen molar-refractivity contribution in [3.63, 3.8) is 0 Å². The zero-order valence-electron chi connectivity index (χ0n) is 14.6. The summed E-state index contributed by atoms with van der Waals surface area (Å²) in [5.74, 6) is -0.110. The SMILES string of the molecule is CCc1c(C)sc2nc(-c3ccc(C(=O)O[C@@H](C)C#N)cc3)[nH]c(=O)c12. The van der Waals surface area contributed by atoms with E-state index in [1.807, 2.05) is 19.9 Å². The van der Waals surface area contributed by atoms with Crippen molar-refractivity contribution in [2.24, 2.45) is 0 Å². The van der Waals surface area contributed by atoms with Gasteiger partial charge in [-0.2, -0.15) is 5.26 Å². The molecule has 132 valence electrons. The lowest BCUT2D eigenvalue weighted by molar-refractivity contribution is 0.0435. The van der Waals surface area contributed by atoms with Crippen LogP contribution in [0.15, 0.2) is 29.1 Å². The normalized spacial score (nSPS) is 11.9. The van der Waals surface area contributed by atoms with E-state index in [-0.39, 0.29) is 5.56 Å². The summed E-state index contributed by atoms with van der Waals surface area (Å²) in [6.45, 7) is 5.52. The van der Waals surface area contributed by atoms with Crippen molar-refractivity contribution < 1.29 is 9.53 Å². The van der Waals surface area contributed by atoms with Crippen LogP contribution in [0.2, 0.25) is 0 Å². The molecule has 0 fully saturated rings. The molecule has 0 unspecified atom stereocenters. The van der Waals surface area contributed by atoms with Crippen LogP contribution in [-0.4, -0.2) is 22.0 Å². The lowest BCUT2D eigenvalue weighted by Crippen LogP contribution is -2.13. The fourth-order valence-corrected chi connectivity index (χ4v) is 3.87. The molecule has 0 radical (unpaired) electrons. The molecule has 1 atom stereocenters. The third kappa shape index (κ3) is 3.24. The molecule has 2 heterocycles. The summed E-state index contributed by atoms with van der Waals surface area (Å²) in [5, 5.41) is 9.36. The number of hydrogen-bond acceptors (Lipinski definition) is 6. The number of nitriles is 1. The summed E-state index contributed by atoms with van der Waals surface area (Å²) in [6.07, 6.45) is -0.0223. The molecule has 0 aliphatic rings. The lowest BCUT2D eigenvalue weighted by atomic mass is 10.1. The van der Waals surface area contributed by atoms with Gasteiger partial charge in [0, 0.05) is 10.4 Å². The third-order valence-corrected chi connectivity index (χ3v) is 5.12. The molecule has 0 aliphatic carbocycles. The fourth-order valence-electron chi connectivity index (χ4n) is 2.76. The summed E-state index contributed by atoms with van der Waals surface area (Å²) in [6, 6.07) is 8.41. The molecule has 1 N–H and O–H groups in total. The molecular formula is C19H17N3O3S. The molecular weight excluding hydrogens is 350 g/mol. The highest BCUT2D eigenvalue weighted by atomic mass is 32.1. The van der Waals surface area contributed by atoms with Gasteiger partial charge in [-0.3, -0.25) is 4.79 Å². The first-order valence-electron chi connectivity index (χ1n) is 8.18. The number of aryl methyl sites for hydroxylation is 2. The molecule has 0 saturated carbocycles.